The number of hydrogen-bond donors (Lipinski definition) is 2. The van der Waals surface area contributed by atoms with Crippen LogP contribution in [0, 0.1) is 0 Å². The lowest BCUT2D eigenvalue weighted by Crippen LogP contribution is -2.26. The van der Waals surface area contributed by atoms with Crippen LogP contribution in [0.4, 0.5) is 0 Å². The van der Waals surface area contributed by atoms with Crippen molar-refractivity contribution < 1.29 is 29.3 Å². The molecule has 1 rings (SSSR count). The number of hydrogen-bond acceptors (Lipinski definition) is 6. The van der Waals surface area contributed by atoms with Gasteiger partial charge in [0, 0.05) is 0 Å². The second kappa shape index (κ2) is 8.39. The summed E-state index contributed by atoms with van der Waals surface area (Å²) in [4.78, 5) is 24.0. The number of ether oxygens (including phenoxy) is 2. The average molecular weight is 296 g/mol. The molecule has 0 saturated carbocycles. The summed E-state index contributed by atoms with van der Waals surface area (Å²) in [6.45, 7) is 2.80. The van der Waals surface area contributed by atoms with E-state index in [1.807, 2.05) is 6.92 Å². The third-order valence-electron chi connectivity index (χ3n) is 2.89. The molecule has 6 heteroatoms. The van der Waals surface area contributed by atoms with Gasteiger partial charge in [0.05, 0.1) is 30.9 Å². The molecular formula is C15H20O6. The summed E-state index contributed by atoms with van der Waals surface area (Å²) >= 11 is 0. The Morgan fingerprint density at radius 1 is 1.10 bits per heavy atom. The van der Waals surface area contributed by atoms with Gasteiger partial charge in [0.1, 0.15) is 6.10 Å². The van der Waals surface area contributed by atoms with Crippen LogP contribution in [0.3, 0.4) is 0 Å². The lowest BCUT2D eigenvalue weighted by atomic mass is 10.0. The third kappa shape index (κ3) is 4.54. The fourth-order valence-corrected chi connectivity index (χ4v) is 1.71. The predicted molar refractivity (Wildman–Crippen MR) is 75.2 cm³/mol. The molecule has 0 spiro atoms. The number of rotatable bonds is 7. The number of benzene rings is 1. The van der Waals surface area contributed by atoms with Crippen molar-refractivity contribution in [1.82, 2.24) is 0 Å². The lowest BCUT2D eigenvalue weighted by molar-refractivity contribution is -0.00571. The number of aryl methyl sites for hydroxylation is 1. The minimum Gasteiger partial charge on any atom is -0.462 e. The van der Waals surface area contributed by atoms with E-state index in [0.29, 0.717) is 6.42 Å². The minimum absolute atomic E-state index is 0.0533. The van der Waals surface area contributed by atoms with Crippen LogP contribution in [0.25, 0.3) is 0 Å². The van der Waals surface area contributed by atoms with E-state index in [9.17, 15) is 9.59 Å². The molecule has 21 heavy (non-hydrogen) atoms. The predicted octanol–water partition coefficient (Wildman–Crippen LogP) is 0.936. The molecule has 0 amide bonds. The summed E-state index contributed by atoms with van der Waals surface area (Å²) in [5.41, 5.74) is 1.06. The van der Waals surface area contributed by atoms with Crippen LogP contribution in [-0.2, 0) is 15.9 Å². The largest absolute Gasteiger partial charge is 0.462 e. The van der Waals surface area contributed by atoms with Gasteiger partial charge in [0.2, 0.25) is 0 Å². The first kappa shape index (κ1) is 17.1. The highest BCUT2D eigenvalue weighted by Gasteiger charge is 2.22. The summed E-state index contributed by atoms with van der Waals surface area (Å²) < 4.78 is 9.86. The summed E-state index contributed by atoms with van der Waals surface area (Å²) in [7, 11) is 0. The Morgan fingerprint density at radius 3 is 2.29 bits per heavy atom. The summed E-state index contributed by atoms with van der Waals surface area (Å²) in [5.74, 6) is -1.39. The van der Waals surface area contributed by atoms with Crippen LogP contribution in [0.1, 0.15) is 40.1 Å². The maximum atomic E-state index is 12.0. The highest BCUT2D eigenvalue weighted by molar-refractivity contribution is 6.03. The van der Waals surface area contributed by atoms with Gasteiger partial charge < -0.3 is 19.7 Å². The molecule has 0 fully saturated rings. The van der Waals surface area contributed by atoms with E-state index >= 15 is 0 Å². The van der Waals surface area contributed by atoms with Crippen molar-refractivity contribution >= 4 is 11.9 Å². The lowest BCUT2D eigenvalue weighted by Gasteiger charge is -2.15. The monoisotopic (exact) mass is 296 g/mol. The molecule has 0 aromatic heterocycles. The molecule has 0 bridgehead atoms. The SMILES string of the molecule is CCOC(=O)c1cc(CC)ccc1C(=O)OC(CO)CO. The van der Waals surface area contributed by atoms with Gasteiger partial charge >= 0.3 is 11.9 Å². The van der Waals surface area contributed by atoms with E-state index in [1.165, 1.54) is 6.07 Å². The van der Waals surface area contributed by atoms with Crippen LogP contribution in [0.5, 0.6) is 0 Å². The normalized spacial score (nSPS) is 10.5. The van der Waals surface area contributed by atoms with E-state index in [4.69, 9.17) is 19.7 Å². The first-order valence-corrected chi connectivity index (χ1v) is 6.80. The smallest absolute Gasteiger partial charge is 0.339 e. The van der Waals surface area contributed by atoms with Gasteiger partial charge in [-0.15, -0.1) is 0 Å². The molecule has 2 N–H and O–H groups in total. The zero-order valence-corrected chi connectivity index (χ0v) is 12.2. The molecule has 1 aromatic rings. The van der Waals surface area contributed by atoms with E-state index in [1.54, 1.807) is 19.1 Å². The molecule has 6 nitrogen and oxygen atoms in total. The number of aliphatic hydroxyl groups is 2. The minimum atomic E-state index is -1.02. The van der Waals surface area contributed by atoms with Gasteiger partial charge in [-0.05, 0) is 31.0 Å². The van der Waals surface area contributed by atoms with Gasteiger partial charge in [0.25, 0.3) is 0 Å². The molecule has 116 valence electrons. The molecule has 0 unspecified atom stereocenters. The number of carbonyl (C=O) groups is 2. The molecule has 1 aromatic carbocycles. The maximum absolute atomic E-state index is 12.0. The highest BCUT2D eigenvalue weighted by atomic mass is 16.6. The van der Waals surface area contributed by atoms with Crippen LogP contribution in [-0.4, -0.2) is 48.1 Å². The zero-order chi connectivity index (χ0) is 15.8. The fourth-order valence-electron chi connectivity index (χ4n) is 1.71. The van der Waals surface area contributed by atoms with Crippen molar-refractivity contribution in [3.8, 4) is 0 Å². The summed E-state index contributed by atoms with van der Waals surface area (Å²) in [6, 6.07) is 4.78. The van der Waals surface area contributed by atoms with Crippen LogP contribution >= 0.6 is 0 Å². The molecule has 0 radical (unpaired) electrons. The first-order valence-electron chi connectivity index (χ1n) is 6.80. The Hall–Kier alpha value is -1.92. The summed E-state index contributed by atoms with van der Waals surface area (Å²) in [5, 5.41) is 17.9. The molecule has 0 atom stereocenters. The third-order valence-corrected chi connectivity index (χ3v) is 2.89. The second-order valence-electron chi connectivity index (χ2n) is 4.35. The molecule has 0 heterocycles. The molecule has 0 saturated heterocycles. The van der Waals surface area contributed by atoms with Crippen molar-refractivity contribution in [2.45, 2.75) is 26.4 Å². The van der Waals surface area contributed by atoms with Crippen molar-refractivity contribution in [1.29, 1.82) is 0 Å². The fraction of sp³-hybridized carbons (Fsp3) is 0.467. The van der Waals surface area contributed by atoms with Crippen molar-refractivity contribution in [3.63, 3.8) is 0 Å². The van der Waals surface area contributed by atoms with Crippen molar-refractivity contribution in [2.75, 3.05) is 19.8 Å². The summed E-state index contributed by atoms with van der Waals surface area (Å²) in [6.07, 6.45) is -0.309. The average Bonchev–Trinajstić information content (AvgIpc) is 2.51. The molecular weight excluding hydrogens is 276 g/mol. The molecule has 0 aliphatic heterocycles. The second-order valence-corrected chi connectivity index (χ2v) is 4.35. The van der Waals surface area contributed by atoms with E-state index in [2.05, 4.69) is 0 Å². The first-order chi connectivity index (χ1) is 10.1. The molecule has 0 aliphatic carbocycles. The Labute approximate surface area is 123 Å². The quantitative estimate of drug-likeness (QED) is 0.727. The Kier molecular flexibility index (Phi) is 6.84. The van der Waals surface area contributed by atoms with Gasteiger partial charge in [-0.25, -0.2) is 9.59 Å². The van der Waals surface area contributed by atoms with Gasteiger partial charge in [-0.3, -0.25) is 0 Å². The number of carbonyl (C=O) groups excluding carboxylic acids is 2. The van der Waals surface area contributed by atoms with E-state index in [0.717, 1.165) is 5.56 Å². The van der Waals surface area contributed by atoms with Crippen molar-refractivity contribution in [2.24, 2.45) is 0 Å². The highest BCUT2D eigenvalue weighted by Crippen LogP contribution is 2.16. The van der Waals surface area contributed by atoms with Crippen LogP contribution in [0.15, 0.2) is 18.2 Å². The van der Waals surface area contributed by atoms with Crippen LogP contribution < -0.4 is 0 Å². The van der Waals surface area contributed by atoms with Gasteiger partial charge in [-0.2, -0.15) is 0 Å². The van der Waals surface area contributed by atoms with E-state index in [-0.39, 0.29) is 17.7 Å². The Morgan fingerprint density at radius 2 is 1.76 bits per heavy atom. The standard InChI is InChI=1S/C15H20O6/c1-3-10-5-6-12(13(7-10)14(18)20-4-2)15(19)21-11(8-16)9-17/h5-7,11,16-17H,3-4,8-9H2,1-2H3. The Bertz CT molecular complexity index is 493. The number of esters is 2. The van der Waals surface area contributed by atoms with Gasteiger partial charge in [-0.1, -0.05) is 13.0 Å². The number of aliphatic hydroxyl groups excluding tert-OH is 2. The molecule has 0 aliphatic rings. The van der Waals surface area contributed by atoms with Crippen molar-refractivity contribution in [3.05, 3.63) is 34.9 Å². The zero-order valence-electron chi connectivity index (χ0n) is 12.2. The van der Waals surface area contributed by atoms with Crippen LogP contribution in [0.2, 0.25) is 0 Å². The van der Waals surface area contributed by atoms with Gasteiger partial charge in [0.15, 0.2) is 0 Å². The van der Waals surface area contributed by atoms with E-state index < -0.39 is 31.3 Å². The topological polar surface area (TPSA) is 93.1 Å². The maximum Gasteiger partial charge on any atom is 0.339 e. The Balaban J connectivity index is 3.09.